The van der Waals surface area contributed by atoms with Crippen LogP contribution in [0.1, 0.15) is 74.6 Å². The number of nitrogens with zero attached hydrogens (tertiary/aromatic N) is 5. The number of carbonyl (C=O) groups excluding carboxylic acids is 2. The summed E-state index contributed by atoms with van der Waals surface area (Å²) in [6.07, 6.45) is 10.3. The van der Waals surface area contributed by atoms with E-state index in [-0.39, 0.29) is 30.6 Å². The molecule has 2 aromatic rings. The number of rotatable bonds is 9. The second-order valence-corrected chi connectivity index (χ2v) is 22.4. The average Bonchev–Trinajstić information content (AvgIpc) is 3.06. The lowest BCUT2D eigenvalue weighted by atomic mass is 9.80. The first-order valence-electron chi connectivity index (χ1n) is 19.3. The SMILES string of the molecule is Cc1cc2c(cc1CC1CCC1)N1C(=NN(COCC[Si](C)(C)C)C(=O)C1C)CO2.Cc1cc2c(cc1CC1CCC1)N1C(=NNC(=O)C1C)CO2. The van der Waals surface area contributed by atoms with Gasteiger partial charge in [0.15, 0.2) is 11.7 Å². The van der Waals surface area contributed by atoms with Gasteiger partial charge in [0.1, 0.15) is 43.5 Å². The second-order valence-electron chi connectivity index (χ2n) is 16.8. The molecule has 2 aliphatic carbocycles. The normalized spacial score (nSPS) is 22.5. The van der Waals surface area contributed by atoms with Crippen molar-refractivity contribution < 1.29 is 23.8 Å². The summed E-state index contributed by atoms with van der Waals surface area (Å²) in [5.41, 5.74) is 9.80. The monoisotopic (exact) mass is 728 g/mol. The molecule has 0 radical (unpaired) electrons. The van der Waals surface area contributed by atoms with Crippen molar-refractivity contribution in [1.82, 2.24) is 10.4 Å². The Morgan fingerprint density at radius 3 is 1.87 bits per heavy atom. The number of anilines is 2. The van der Waals surface area contributed by atoms with Gasteiger partial charge >= 0.3 is 0 Å². The molecule has 2 fully saturated rings. The Bertz CT molecular complexity index is 1760. The molecular weight excluding hydrogens is 673 g/mol. The Kier molecular flexibility index (Phi) is 10.4. The summed E-state index contributed by atoms with van der Waals surface area (Å²) < 4.78 is 17.7. The Morgan fingerprint density at radius 1 is 0.808 bits per heavy atom. The molecule has 8 rings (SSSR count). The van der Waals surface area contributed by atoms with Crippen LogP contribution in [0.3, 0.4) is 0 Å². The van der Waals surface area contributed by atoms with Crippen molar-refractivity contribution in [2.45, 2.75) is 117 Å². The van der Waals surface area contributed by atoms with Crippen LogP contribution in [0.4, 0.5) is 11.4 Å². The minimum atomic E-state index is -1.16. The Balaban J connectivity index is 0.000000169. The van der Waals surface area contributed by atoms with Gasteiger partial charge in [-0.05, 0) is 105 Å². The molecule has 52 heavy (non-hydrogen) atoms. The van der Waals surface area contributed by atoms with E-state index in [4.69, 9.17) is 14.2 Å². The number of amidine groups is 2. The zero-order valence-electron chi connectivity index (χ0n) is 32.1. The Labute approximate surface area is 309 Å². The first-order valence-corrected chi connectivity index (χ1v) is 23.0. The summed E-state index contributed by atoms with van der Waals surface area (Å²) in [4.78, 5) is 29.0. The molecule has 2 amide bonds. The van der Waals surface area contributed by atoms with Gasteiger partial charge in [-0.2, -0.15) is 10.2 Å². The first-order chi connectivity index (χ1) is 24.9. The van der Waals surface area contributed by atoms with Crippen molar-refractivity contribution >= 4 is 42.9 Å². The van der Waals surface area contributed by atoms with Crippen molar-refractivity contribution in [1.29, 1.82) is 0 Å². The maximum absolute atomic E-state index is 13.0. The Hall–Kier alpha value is -3.90. The molecule has 0 spiro atoms. The highest BCUT2D eigenvalue weighted by atomic mass is 28.3. The third-order valence-corrected chi connectivity index (χ3v) is 13.3. The number of aryl methyl sites for hydroxylation is 2. The van der Waals surface area contributed by atoms with Crippen molar-refractivity contribution in [3.8, 4) is 11.5 Å². The van der Waals surface area contributed by atoms with E-state index in [9.17, 15) is 9.59 Å². The number of hydrogen-bond donors (Lipinski definition) is 1. The molecule has 0 bridgehead atoms. The van der Waals surface area contributed by atoms with E-state index in [0.717, 1.165) is 65.3 Å². The third-order valence-electron chi connectivity index (χ3n) is 11.6. The lowest BCUT2D eigenvalue weighted by Crippen LogP contribution is -2.57. The quantitative estimate of drug-likeness (QED) is 0.225. The smallest absolute Gasteiger partial charge is 0.267 e. The number of carbonyl (C=O) groups is 2. The van der Waals surface area contributed by atoms with Crippen molar-refractivity contribution in [3.05, 3.63) is 46.5 Å². The molecule has 2 unspecified atom stereocenters. The first kappa shape index (κ1) is 36.5. The molecule has 2 aromatic carbocycles. The van der Waals surface area contributed by atoms with E-state index < -0.39 is 8.07 Å². The van der Waals surface area contributed by atoms with Gasteiger partial charge in [0.05, 0.1) is 11.4 Å². The molecule has 0 aromatic heterocycles. The van der Waals surface area contributed by atoms with Crippen LogP contribution in [-0.4, -0.2) is 75.2 Å². The van der Waals surface area contributed by atoms with Crippen LogP contribution in [-0.2, 0) is 27.2 Å². The fourth-order valence-corrected chi connectivity index (χ4v) is 8.44. The van der Waals surface area contributed by atoms with Crippen LogP contribution < -0.4 is 24.7 Å². The summed E-state index contributed by atoms with van der Waals surface area (Å²) in [6.45, 7) is 16.8. The van der Waals surface area contributed by atoms with Crippen molar-refractivity contribution in [2.24, 2.45) is 22.0 Å². The number of hydrazone groups is 2. The highest BCUT2D eigenvalue weighted by Gasteiger charge is 2.39. The molecule has 280 valence electrons. The van der Waals surface area contributed by atoms with Gasteiger partial charge in [0, 0.05) is 14.7 Å². The molecule has 4 heterocycles. The molecule has 2 saturated carbocycles. The van der Waals surface area contributed by atoms with Gasteiger partial charge in [-0.25, -0.2) is 10.4 Å². The fourth-order valence-electron chi connectivity index (χ4n) is 7.69. The van der Waals surface area contributed by atoms with Gasteiger partial charge in [-0.3, -0.25) is 9.59 Å². The average molecular weight is 729 g/mol. The molecule has 0 saturated heterocycles. The molecular formula is C40H56N6O5Si. The zero-order valence-corrected chi connectivity index (χ0v) is 33.1. The fraction of sp³-hybridized carbons (Fsp3) is 0.600. The van der Waals surface area contributed by atoms with E-state index in [1.54, 1.807) is 0 Å². The van der Waals surface area contributed by atoms with Gasteiger partial charge in [0.2, 0.25) is 0 Å². The Morgan fingerprint density at radius 2 is 1.35 bits per heavy atom. The summed E-state index contributed by atoms with van der Waals surface area (Å²) in [5.74, 6) is 4.78. The largest absolute Gasteiger partial charge is 0.483 e. The van der Waals surface area contributed by atoms with E-state index in [0.29, 0.717) is 19.8 Å². The number of benzene rings is 2. The number of fused-ring (bicyclic) bond motifs is 6. The highest BCUT2D eigenvalue weighted by Crippen LogP contribution is 2.41. The number of amides is 2. The van der Waals surface area contributed by atoms with Crippen LogP contribution in [0.5, 0.6) is 11.5 Å². The van der Waals surface area contributed by atoms with Crippen LogP contribution in [0.25, 0.3) is 0 Å². The molecule has 1 N–H and O–H groups in total. The molecule has 4 aliphatic heterocycles. The summed E-state index contributed by atoms with van der Waals surface area (Å²) in [7, 11) is -1.16. The van der Waals surface area contributed by atoms with Crippen LogP contribution in [0.2, 0.25) is 25.7 Å². The maximum atomic E-state index is 13.0. The number of ether oxygens (including phenoxy) is 3. The van der Waals surface area contributed by atoms with Gasteiger partial charge in [-0.1, -0.05) is 58.2 Å². The maximum Gasteiger partial charge on any atom is 0.267 e. The van der Waals surface area contributed by atoms with Gasteiger partial charge in [0.25, 0.3) is 11.8 Å². The number of nitrogens with one attached hydrogen (secondary N) is 1. The standard InChI is InChI=1S/C23H35N3O3Si.C17H21N3O2/c1-16-11-21-20(13-19(16)12-18-7-6-8-18)26-17(2)23(27)25(24-22(26)14-29-21)15-28-9-10-30(3,4)5;1-10-6-15-14(8-13(10)7-12-4-3-5-12)20-11(2)17(21)19-18-16(20)9-22-15/h11,13,17-18H,6-10,12,14-15H2,1-5H3;6,8,11-12H,3-5,7,9H2,1-2H3,(H,19,21). The molecule has 2 atom stereocenters. The third kappa shape index (κ3) is 7.60. The molecule has 11 nitrogen and oxygen atoms in total. The second kappa shape index (κ2) is 14.8. The van der Waals surface area contributed by atoms with Gasteiger partial charge < -0.3 is 24.0 Å². The predicted molar refractivity (Wildman–Crippen MR) is 208 cm³/mol. The van der Waals surface area contributed by atoms with E-state index in [1.807, 2.05) is 18.7 Å². The topological polar surface area (TPSA) is 108 Å². The van der Waals surface area contributed by atoms with Crippen molar-refractivity contribution in [2.75, 3.05) is 36.4 Å². The summed E-state index contributed by atoms with van der Waals surface area (Å²) in [6, 6.07) is 9.17. The van der Waals surface area contributed by atoms with E-state index in [2.05, 4.69) is 78.3 Å². The molecule has 6 aliphatic rings. The summed E-state index contributed by atoms with van der Waals surface area (Å²) >= 11 is 0. The summed E-state index contributed by atoms with van der Waals surface area (Å²) in [5, 5.41) is 10.2. The van der Waals surface area contributed by atoms with Gasteiger partial charge in [-0.15, -0.1) is 0 Å². The zero-order chi connectivity index (χ0) is 36.7. The van der Waals surface area contributed by atoms with E-state index >= 15 is 0 Å². The van der Waals surface area contributed by atoms with E-state index in [1.165, 1.54) is 65.8 Å². The van der Waals surface area contributed by atoms with Crippen molar-refractivity contribution in [3.63, 3.8) is 0 Å². The minimum absolute atomic E-state index is 0.0271. The van der Waals surface area contributed by atoms with Crippen LogP contribution in [0, 0.1) is 25.7 Å². The lowest BCUT2D eigenvalue weighted by Gasteiger charge is -2.41. The van der Waals surface area contributed by atoms with Crippen LogP contribution in [0.15, 0.2) is 34.5 Å². The minimum Gasteiger partial charge on any atom is -0.483 e. The predicted octanol–water partition coefficient (Wildman–Crippen LogP) is 6.76. The lowest BCUT2D eigenvalue weighted by molar-refractivity contribution is -0.138. The highest BCUT2D eigenvalue weighted by molar-refractivity contribution is 6.76. The van der Waals surface area contributed by atoms with Crippen LogP contribution >= 0.6 is 0 Å². The number of hydrogen-bond acceptors (Lipinski definition) is 9. The molecule has 12 heteroatoms.